The highest BCUT2D eigenvalue weighted by molar-refractivity contribution is 6.77. The van der Waals surface area contributed by atoms with Gasteiger partial charge >= 0.3 is 11.7 Å². The molecule has 2 aromatic rings. The maximum Gasteiger partial charge on any atom is 0.338 e. The zero-order chi connectivity index (χ0) is 26.5. The molecule has 0 spiro atoms. The number of rotatable bonds is 10. The highest BCUT2D eigenvalue weighted by Gasteiger charge is 2.49. The highest BCUT2D eigenvalue weighted by atomic mass is 28.4. The van der Waals surface area contributed by atoms with Crippen molar-refractivity contribution in [3.8, 4) is 0 Å². The molecule has 0 aliphatic carbocycles. The van der Waals surface area contributed by atoms with Gasteiger partial charge in [0.05, 0.1) is 25.4 Å². The summed E-state index contributed by atoms with van der Waals surface area (Å²) in [7, 11) is -2.29. The third-order valence-corrected chi connectivity index (χ3v) is 13.0. The van der Waals surface area contributed by atoms with Crippen LogP contribution in [0.3, 0.4) is 0 Å². The molecule has 1 N–H and O–H groups in total. The average molecular weight is 519 g/mol. The number of benzene rings is 1. The Hall–Kier alpha value is -2.53. The van der Waals surface area contributed by atoms with Gasteiger partial charge in [0.15, 0.2) is 14.5 Å². The Labute approximate surface area is 212 Å². The molecule has 9 nitrogen and oxygen atoms in total. The monoisotopic (exact) mass is 518 g/mol. The van der Waals surface area contributed by atoms with E-state index in [-0.39, 0.29) is 26.4 Å². The number of aromatic nitrogens is 2. The van der Waals surface area contributed by atoms with E-state index in [0.717, 1.165) is 0 Å². The Morgan fingerprint density at radius 2 is 1.69 bits per heavy atom. The number of carbonyl (C=O) groups excluding carboxylic acids is 1. The molecule has 0 radical (unpaired) electrons. The standard InChI is InChI=1S/C26H38N2O7Si/c1-18(2)36(19(3)4,20(5)6)34-17-26(16-33-24(30)21-10-8-7-9-11-21)15-32-14-23(35-26)28-13-12-22(29)27-25(28)31/h7-13,18-20,23H,14-17H2,1-6H3,(H,27,29,31)/t23-,26-/m1/s1. The van der Waals surface area contributed by atoms with E-state index in [4.69, 9.17) is 18.6 Å². The van der Waals surface area contributed by atoms with Crippen molar-refractivity contribution in [3.63, 3.8) is 0 Å². The Kier molecular flexibility index (Phi) is 9.10. The average Bonchev–Trinajstić information content (AvgIpc) is 2.83. The lowest BCUT2D eigenvalue weighted by Crippen LogP contribution is -2.58. The molecule has 2 heterocycles. The molecule has 2 atom stereocenters. The fraction of sp³-hybridized carbons (Fsp3) is 0.577. The molecule has 0 amide bonds. The Morgan fingerprint density at radius 1 is 1.06 bits per heavy atom. The number of hydrogen-bond acceptors (Lipinski definition) is 7. The van der Waals surface area contributed by atoms with Gasteiger partial charge in [-0.2, -0.15) is 0 Å². The van der Waals surface area contributed by atoms with Crippen molar-refractivity contribution >= 4 is 14.3 Å². The number of esters is 1. The van der Waals surface area contributed by atoms with Crippen LogP contribution in [-0.2, 0) is 18.6 Å². The second-order valence-electron chi connectivity index (χ2n) is 10.3. The van der Waals surface area contributed by atoms with E-state index in [1.165, 1.54) is 16.8 Å². The van der Waals surface area contributed by atoms with Crippen LogP contribution in [0.15, 0.2) is 52.2 Å². The lowest BCUT2D eigenvalue weighted by atomic mass is 10.1. The first-order chi connectivity index (χ1) is 17.0. The summed E-state index contributed by atoms with van der Waals surface area (Å²) in [5.74, 6) is -0.484. The predicted molar refractivity (Wildman–Crippen MR) is 139 cm³/mol. The largest absolute Gasteiger partial charge is 0.459 e. The number of aromatic amines is 1. The van der Waals surface area contributed by atoms with Gasteiger partial charge in [0, 0.05) is 12.3 Å². The molecule has 198 valence electrons. The first kappa shape index (κ1) is 28.0. The summed E-state index contributed by atoms with van der Waals surface area (Å²) in [5.41, 5.74) is -0.810. The highest BCUT2D eigenvalue weighted by Crippen LogP contribution is 2.43. The Balaban J connectivity index is 1.91. The van der Waals surface area contributed by atoms with Crippen molar-refractivity contribution < 1.29 is 23.4 Å². The van der Waals surface area contributed by atoms with Gasteiger partial charge in [-0.05, 0) is 28.8 Å². The number of nitrogens with zero attached hydrogens (tertiary/aromatic N) is 1. The molecule has 1 saturated heterocycles. The van der Waals surface area contributed by atoms with Gasteiger partial charge in [0.25, 0.3) is 5.56 Å². The molecule has 0 saturated carbocycles. The molecule has 1 aliphatic rings. The van der Waals surface area contributed by atoms with Crippen molar-refractivity contribution in [1.82, 2.24) is 9.55 Å². The first-order valence-electron chi connectivity index (χ1n) is 12.4. The van der Waals surface area contributed by atoms with Crippen molar-refractivity contribution in [2.24, 2.45) is 0 Å². The van der Waals surface area contributed by atoms with Crippen molar-refractivity contribution in [1.29, 1.82) is 0 Å². The Bertz CT molecular complexity index is 1110. The van der Waals surface area contributed by atoms with Crippen LogP contribution >= 0.6 is 0 Å². The van der Waals surface area contributed by atoms with Crippen LogP contribution in [-0.4, -0.2) is 55.9 Å². The van der Waals surface area contributed by atoms with Gasteiger partial charge in [0.2, 0.25) is 0 Å². The summed E-state index contributed by atoms with van der Waals surface area (Å²) in [6.07, 6.45) is 0.549. The summed E-state index contributed by atoms with van der Waals surface area (Å²) in [5, 5.41) is 0. The van der Waals surface area contributed by atoms with E-state index in [1.54, 1.807) is 24.3 Å². The Morgan fingerprint density at radius 3 is 2.28 bits per heavy atom. The van der Waals surface area contributed by atoms with E-state index in [2.05, 4.69) is 46.5 Å². The molecular weight excluding hydrogens is 480 g/mol. The van der Waals surface area contributed by atoms with E-state index in [0.29, 0.717) is 22.2 Å². The lowest BCUT2D eigenvalue weighted by Gasteiger charge is -2.46. The summed E-state index contributed by atoms with van der Waals surface area (Å²) in [6, 6.07) is 9.97. The smallest absolute Gasteiger partial charge is 0.338 e. The molecule has 1 fully saturated rings. The van der Waals surface area contributed by atoms with Gasteiger partial charge in [-0.25, -0.2) is 9.59 Å². The predicted octanol–water partition coefficient (Wildman–Crippen LogP) is 3.87. The van der Waals surface area contributed by atoms with Crippen LogP contribution < -0.4 is 11.2 Å². The summed E-state index contributed by atoms with van der Waals surface area (Å²) < 4.78 is 26.1. The number of H-pyrrole nitrogens is 1. The van der Waals surface area contributed by atoms with Crippen LogP contribution in [0.1, 0.15) is 58.1 Å². The first-order valence-corrected chi connectivity index (χ1v) is 14.6. The van der Waals surface area contributed by atoms with Gasteiger partial charge in [-0.1, -0.05) is 59.7 Å². The molecule has 1 aromatic heterocycles. The zero-order valence-electron chi connectivity index (χ0n) is 22.0. The zero-order valence-corrected chi connectivity index (χ0v) is 23.0. The van der Waals surface area contributed by atoms with E-state index in [9.17, 15) is 14.4 Å². The van der Waals surface area contributed by atoms with Gasteiger partial charge < -0.3 is 18.6 Å². The number of hydrogen-bond donors (Lipinski definition) is 1. The van der Waals surface area contributed by atoms with Gasteiger partial charge in [-0.3, -0.25) is 14.3 Å². The SMILES string of the molecule is CC(C)[Si](OC[C@]1(COC(=O)c2ccccc2)COC[C@H](n2ccc(=O)[nH]c2=O)O1)(C(C)C)C(C)C. The van der Waals surface area contributed by atoms with Gasteiger partial charge in [0.1, 0.15) is 12.2 Å². The van der Waals surface area contributed by atoms with Crippen molar-refractivity contribution in [3.05, 3.63) is 69.0 Å². The molecule has 0 bridgehead atoms. The van der Waals surface area contributed by atoms with Crippen LogP contribution in [0.2, 0.25) is 16.6 Å². The molecule has 1 aliphatic heterocycles. The van der Waals surface area contributed by atoms with E-state index in [1.807, 2.05) is 6.07 Å². The third-order valence-electron chi connectivity index (χ3n) is 6.94. The lowest BCUT2D eigenvalue weighted by molar-refractivity contribution is -0.247. The topological polar surface area (TPSA) is 109 Å². The van der Waals surface area contributed by atoms with Gasteiger partial charge in [-0.15, -0.1) is 0 Å². The molecule has 3 rings (SSSR count). The molecule has 10 heteroatoms. The molecular formula is C26H38N2O7Si. The summed E-state index contributed by atoms with van der Waals surface area (Å²) in [4.78, 5) is 39.0. The van der Waals surface area contributed by atoms with Crippen molar-refractivity contribution in [2.75, 3.05) is 26.4 Å². The second kappa shape index (κ2) is 11.7. The maximum absolute atomic E-state index is 12.8. The molecule has 0 unspecified atom stereocenters. The van der Waals surface area contributed by atoms with Crippen LogP contribution in [0, 0.1) is 0 Å². The van der Waals surface area contributed by atoms with E-state index < -0.39 is 37.4 Å². The maximum atomic E-state index is 12.8. The number of carbonyl (C=O) groups is 1. The minimum Gasteiger partial charge on any atom is -0.459 e. The summed E-state index contributed by atoms with van der Waals surface area (Å²) >= 11 is 0. The minimum absolute atomic E-state index is 0.0987. The normalized spacial score (nSPS) is 20.8. The quantitative estimate of drug-likeness (QED) is 0.376. The fourth-order valence-corrected chi connectivity index (χ4v) is 10.8. The number of nitrogens with one attached hydrogen (secondary N) is 1. The number of ether oxygens (including phenoxy) is 3. The van der Waals surface area contributed by atoms with Crippen LogP contribution in [0.25, 0.3) is 0 Å². The summed E-state index contributed by atoms with van der Waals surface area (Å²) in [6.45, 7) is 13.4. The minimum atomic E-state index is -2.29. The molecule has 36 heavy (non-hydrogen) atoms. The fourth-order valence-electron chi connectivity index (χ4n) is 5.30. The molecule has 1 aromatic carbocycles. The van der Waals surface area contributed by atoms with E-state index >= 15 is 0 Å². The van der Waals surface area contributed by atoms with Crippen molar-refractivity contribution in [2.45, 2.75) is 70.0 Å². The van der Waals surface area contributed by atoms with Crippen LogP contribution in [0.5, 0.6) is 0 Å². The second-order valence-corrected chi connectivity index (χ2v) is 15.8. The van der Waals surface area contributed by atoms with Crippen LogP contribution in [0.4, 0.5) is 0 Å². The third kappa shape index (κ3) is 6.05.